The number of halogens is 1. The molecule has 0 saturated heterocycles. The fourth-order valence-electron chi connectivity index (χ4n) is 2.66. The van der Waals surface area contributed by atoms with Crippen LogP contribution >= 0.6 is 0 Å². The summed E-state index contributed by atoms with van der Waals surface area (Å²) in [7, 11) is 0. The number of rotatable bonds is 6. The minimum atomic E-state index is -0.825. The number of para-hydroxylation sites is 1. The van der Waals surface area contributed by atoms with Crippen LogP contribution in [0.4, 0.5) is 10.1 Å². The molecular weight excluding hydrogens is 323 g/mol. The quantitative estimate of drug-likeness (QED) is 0.547. The van der Waals surface area contributed by atoms with Crippen LogP contribution in [0.2, 0.25) is 0 Å². The Labute approximate surface area is 144 Å². The molecule has 0 fully saturated rings. The van der Waals surface area contributed by atoms with Gasteiger partial charge in [0.25, 0.3) is 0 Å². The van der Waals surface area contributed by atoms with E-state index in [4.69, 9.17) is 0 Å². The number of benzene rings is 2. The third-order valence-electron chi connectivity index (χ3n) is 3.98. The van der Waals surface area contributed by atoms with Crippen molar-refractivity contribution < 1.29 is 9.31 Å². The molecule has 6 nitrogen and oxygen atoms in total. The lowest BCUT2D eigenvalue weighted by Gasteiger charge is -2.18. The Morgan fingerprint density at radius 3 is 2.76 bits per heavy atom. The zero-order valence-corrected chi connectivity index (χ0v) is 13.6. The molecule has 0 aliphatic heterocycles. The molecule has 25 heavy (non-hydrogen) atoms. The Morgan fingerprint density at radius 2 is 2.08 bits per heavy atom. The van der Waals surface area contributed by atoms with Gasteiger partial charge >= 0.3 is 5.69 Å². The lowest BCUT2D eigenvalue weighted by molar-refractivity contribution is -0.387. The first kappa shape index (κ1) is 16.8. The molecule has 3 rings (SSSR count). The molecule has 1 N–H and O–H groups in total. The van der Waals surface area contributed by atoms with Crippen molar-refractivity contribution in [3.8, 4) is 5.69 Å². The Bertz CT molecular complexity index is 881. The number of nitro benzene ring substituents is 1. The SMILES string of the molecule is C[C@H](NCc1ccc([N+](=O)[O-])c(F)c1)c1ccccc1-n1cccn1. The van der Waals surface area contributed by atoms with E-state index in [1.807, 2.05) is 43.5 Å². The van der Waals surface area contributed by atoms with Gasteiger partial charge in [0.1, 0.15) is 0 Å². The van der Waals surface area contributed by atoms with Crippen LogP contribution in [0.1, 0.15) is 24.1 Å². The van der Waals surface area contributed by atoms with E-state index in [9.17, 15) is 14.5 Å². The fourth-order valence-corrected chi connectivity index (χ4v) is 2.66. The lowest BCUT2D eigenvalue weighted by Crippen LogP contribution is -2.20. The molecule has 128 valence electrons. The Kier molecular flexibility index (Phi) is 4.85. The third kappa shape index (κ3) is 3.72. The van der Waals surface area contributed by atoms with Gasteiger partial charge < -0.3 is 5.32 Å². The van der Waals surface area contributed by atoms with Crippen molar-refractivity contribution in [3.63, 3.8) is 0 Å². The van der Waals surface area contributed by atoms with E-state index in [0.717, 1.165) is 11.3 Å². The third-order valence-corrected chi connectivity index (χ3v) is 3.98. The van der Waals surface area contributed by atoms with Crippen molar-refractivity contribution in [2.75, 3.05) is 0 Å². The summed E-state index contributed by atoms with van der Waals surface area (Å²) in [6.07, 6.45) is 3.59. The zero-order chi connectivity index (χ0) is 17.8. The highest BCUT2D eigenvalue weighted by molar-refractivity contribution is 5.42. The van der Waals surface area contributed by atoms with Gasteiger partial charge in [-0.25, -0.2) is 4.68 Å². The van der Waals surface area contributed by atoms with Crippen LogP contribution in [-0.4, -0.2) is 14.7 Å². The predicted molar refractivity (Wildman–Crippen MR) is 91.9 cm³/mol. The normalized spacial score (nSPS) is 12.1. The van der Waals surface area contributed by atoms with Crippen molar-refractivity contribution in [3.05, 3.63) is 88.0 Å². The number of nitrogens with zero attached hydrogens (tertiary/aromatic N) is 3. The molecule has 1 heterocycles. The summed E-state index contributed by atoms with van der Waals surface area (Å²) >= 11 is 0. The van der Waals surface area contributed by atoms with E-state index in [1.54, 1.807) is 16.9 Å². The van der Waals surface area contributed by atoms with Gasteiger partial charge in [-0.2, -0.15) is 9.49 Å². The summed E-state index contributed by atoms with van der Waals surface area (Å²) < 4.78 is 15.5. The molecule has 0 unspecified atom stereocenters. The zero-order valence-electron chi connectivity index (χ0n) is 13.6. The maximum absolute atomic E-state index is 13.7. The number of nitro groups is 1. The van der Waals surface area contributed by atoms with Crippen LogP contribution < -0.4 is 5.32 Å². The van der Waals surface area contributed by atoms with Crippen molar-refractivity contribution in [2.24, 2.45) is 0 Å². The van der Waals surface area contributed by atoms with E-state index in [2.05, 4.69) is 10.4 Å². The second-order valence-corrected chi connectivity index (χ2v) is 5.65. The number of aromatic nitrogens is 2. The first-order valence-corrected chi connectivity index (χ1v) is 7.81. The summed E-state index contributed by atoms with van der Waals surface area (Å²) in [6, 6.07) is 13.7. The number of nitrogens with one attached hydrogen (secondary N) is 1. The minimum Gasteiger partial charge on any atom is -0.306 e. The highest BCUT2D eigenvalue weighted by Crippen LogP contribution is 2.22. The topological polar surface area (TPSA) is 73.0 Å². The van der Waals surface area contributed by atoms with Gasteiger partial charge in [0.15, 0.2) is 0 Å². The highest BCUT2D eigenvalue weighted by atomic mass is 19.1. The van der Waals surface area contributed by atoms with Gasteiger partial charge in [0, 0.05) is 31.0 Å². The summed E-state index contributed by atoms with van der Waals surface area (Å²) in [4.78, 5) is 9.95. The molecule has 0 spiro atoms. The van der Waals surface area contributed by atoms with Gasteiger partial charge in [-0.1, -0.05) is 24.3 Å². The molecule has 2 aromatic carbocycles. The molecule has 3 aromatic rings. The van der Waals surface area contributed by atoms with Crippen molar-refractivity contribution in [2.45, 2.75) is 19.5 Å². The van der Waals surface area contributed by atoms with Crippen molar-refractivity contribution in [1.82, 2.24) is 15.1 Å². The predicted octanol–water partition coefficient (Wildman–Crippen LogP) is 3.77. The molecule has 1 atom stereocenters. The van der Waals surface area contributed by atoms with Gasteiger partial charge in [-0.15, -0.1) is 0 Å². The molecule has 0 amide bonds. The summed E-state index contributed by atoms with van der Waals surface area (Å²) in [6.45, 7) is 2.40. The molecule has 1 aromatic heterocycles. The number of hydrogen-bond donors (Lipinski definition) is 1. The monoisotopic (exact) mass is 340 g/mol. The Morgan fingerprint density at radius 1 is 1.28 bits per heavy atom. The fraction of sp³-hybridized carbons (Fsp3) is 0.167. The summed E-state index contributed by atoms with van der Waals surface area (Å²) in [5, 5.41) is 18.3. The van der Waals surface area contributed by atoms with Gasteiger partial charge in [0.2, 0.25) is 5.82 Å². The van der Waals surface area contributed by atoms with E-state index in [-0.39, 0.29) is 6.04 Å². The van der Waals surface area contributed by atoms with Crippen molar-refractivity contribution in [1.29, 1.82) is 0 Å². The van der Waals surface area contributed by atoms with Crippen LogP contribution in [0.15, 0.2) is 60.9 Å². The van der Waals surface area contributed by atoms with Crippen LogP contribution in [0.5, 0.6) is 0 Å². The molecule has 0 aliphatic carbocycles. The van der Waals surface area contributed by atoms with E-state index >= 15 is 0 Å². The average molecular weight is 340 g/mol. The van der Waals surface area contributed by atoms with Crippen LogP contribution in [0.3, 0.4) is 0 Å². The standard InChI is InChI=1S/C18H17FN4O2/c1-13(15-5-2-3-6-17(15)22-10-4-9-21-22)20-12-14-7-8-18(23(24)25)16(19)11-14/h2-11,13,20H,12H2,1H3/t13-/m0/s1. The second kappa shape index (κ2) is 7.23. The summed E-state index contributed by atoms with van der Waals surface area (Å²) in [5.74, 6) is -0.825. The largest absolute Gasteiger partial charge is 0.306 e. The molecular formula is C18H17FN4O2. The maximum atomic E-state index is 13.7. The average Bonchev–Trinajstić information content (AvgIpc) is 3.14. The first-order chi connectivity index (χ1) is 12.1. The van der Waals surface area contributed by atoms with Crippen LogP contribution in [0.25, 0.3) is 5.69 Å². The Balaban J connectivity index is 1.75. The molecule has 0 radical (unpaired) electrons. The smallest absolute Gasteiger partial charge is 0.304 e. The minimum absolute atomic E-state index is 0.0151. The van der Waals surface area contributed by atoms with E-state index in [1.165, 1.54) is 12.1 Å². The van der Waals surface area contributed by atoms with Gasteiger partial charge in [-0.3, -0.25) is 10.1 Å². The molecule has 0 saturated carbocycles. The first-order valence-electron chi connectivity index (χ1n) is 7.81. The lowest BCUT2D eigenvalue weighted by atomic mass is 10.1. The molecule has 7 heteroatoms. The van der Waals surface area contributed by atoms with Crippen LogP contribution in [-0.2, 0) is 6.54 Å². The Hall–Kier alpha value is -3.06. The highest BCUT2D eigenvalue weighted by Gasteiger charge is 2.15. The number of hydrogen-bond acceptors (Lipinski definition) is 4. The van der Waals surface area contributed by atoms with Crippen LogP contribution in [0, 0.1) is 15.9 Å². The van der Waals surface area contributed by atoms with E-state index in [0.29, 0.717) is 12.1 Å². The molecule has 0 aliphatic rings. The van der Waals surface area contributed by atoms with Gasteiger partial charge in [-0.05, 0) is 36.2 Å². The second-order valence-electron chi connectivity index (χ2n) is 5.65. The van der Waals surface area contributed by atoms with Gasteiger partial charge in [0.05, 0.1) is 10.6 Å². The molecule has 0 bridgehead atoms. The maximum Gasteiger partial charge on any atom is 0.304 e. The van der Waals surface area contributed by atoms with Crippen molar-refractivity contribution >= 4 is 5.69 Å². The van der Waals surface area contributed by atoms with E-state index < -0.39 is 16.4 Å². The summed E-state index contributed by atoms with van der Waals surface area (Å²) in [5.41, 5.74) is 2.14.